The summed E-state index contributed by atoms with van der Waals surface area (Å²) < 4.78 is 24.9. The Bertz CT molecular complexity index is 401. The minimum absolute atomic E-state index is 0.385. The molecule has 0 aliphatic carbocycles. The SMILES string of the molecule is CC(C)S(=O)(=O)N(C)Cc1ccncc1. The van der Waals surface area contributed by atoms with E-state index in [1.54, 1.807) is 33.3 Å². The van der Waals surface area contributed by atoms with E-state index in [0.717, 1.165) is 5.56 Å². The Morgan fingerprint density at radius 3 is 2.33 bits per heavy atom. The summed E-state index contributed by atoms with van der Waals surface area (Å²) in [6.45, 7) is 3.75. The highest BCUT2D eigenvalue weighted by atomic mass is 32.2. The van der Waals surface area contributed by atoms with Gasteiger partial charge in [0, 0.05) is 26.0 Å². The quantitative estimate of drug-likeness (QED) is 0.779. The van der Waals surface area contributed by atoms with E-state index in [0.29, 0.717) is 6.54 Å². The fourth-order valence-electron chi connectivity index (χ4n) is 1.20. The zero-order valence-corrected chi connectivity index (χ0v) is 10.0. The van der Waals surface area contributed by atoms with Crippen LogP contribution in [0.5, 0.6) is 0 Å². The molecule has 1 heterocycles. The summed E-state index contributed by atoms with van der Waals surface area (Å²) in [5.74, 6) is 0. The molecule has 1 rings (SSSR count). The van der Waals surface area contributed by atoms with Crippen molar-refractivity contribution in [2.24, 2.45) is 0 Å². The molecule has 0 unspecified atom stereocenters. The minimum atomic E-state index is -3.16. The van der Waals surface area contributed by atoms with Gasteiger partial charge in [0.25, 0.3) is 0 Å². The van der Waals surface area contributed by atoms with Gasteiger partial charge in [0.2, 0.25) is 10.0 Å². The van der Waals surface area contributed by atoms with Gasteiger partial charge in [-0.2, -0.15) is 0 Å². The molecule has 0 amide bonds. The third-order valence-corrected chi connectivity index (χ3v) is 4.37. The van der Waals surface area contributed by atoms with Crippen LogP contribution in [0.3, 0.4) is 0 Å². The standard InChI is InChI=1S/C10H16N2O2S/c1-9(2)15(13,14)12(3)8-10-4-6-11-7-5-10/h4-7,9H,8H2,1-3H3. The Balaban J connectivity index is 2.77. The Labute approximate surface area is 91.0 Å². The highest BCUT2D eigenvalue weighted by Gasteiger charge is 2.21. The lowest BCUT2D eigenvalue weighted by atomic mass is 10.3. The van der Waals surface area contributed by atoms with Crippen molar-refractivity contribution < 1.29 is 8.42 Å². The Morgan fingerprint density at radius 2 is 1.87 bits per heavy atom. The minimum Gasteiger partial charge on any atom is -0.265 e. The highest BCUT2D eigenvalue weighted by Crippen LogP contribution is 2.10. The molecule has 0 aliphatic heterocycles. The largest absolute Gasteiger partial charge is 0.265 e. The number of hydrogen-bond acceptors (Lipinski definition) is 3. The predicted octanol–water partition coefficient (Wildman–Crippen LogP) is 1.25. The lowest BCUT2D eigenvalue weighted by Crippen LogP contribution is -2.32. The van der Waals surface area contributed by atoms with E-state index in [1.807, 2.05) is 12.1 Å². The van der Waals surface area contributed by atoms with Crippen LogP contribution in [-0.2, 0) is 16.6 Å². The predicted molar refractivity (Wildman–Crippen MR) is 59.8 cm³/mol. The molecule has 15 heavy (non-hydrogen) atoms. The van der Waals surface area contributed by atoms with E-state index in [1.165, 1.54) is 4.31 Å². The van der Waals surface area contributed by atoms with Crippen molar-refractivity contribution in [3.63, 3.8) is 0 Å². The smallest absolute Gasteiger partial charge is 0.216 e. The second kappa shape index (κ2) is 4.72. The second-order valence-electron chi connectivity index (χ2n) is 3.71. The van der Waals surface area contributed by atoms with Gasteiger partial charge in [-0.3, -0.25) is 4.98 Å². The summed E-state index contributed by atoms with van der Waals surface area (Å²) in [5, 5.41) is -0.385. The number of nitrogens with zero attached hydrogens (tertiary/aromatic N) is 2. The first-order valence-electron chi connectivity index (χ1n) is 4.78. The zero-order valence-electron chi connectivity index (χ0n) is 9.21. The normalized spacial score (nSPS) is 12.3. The molecule has 0 saturated heterocycles. The fraction of sp³-hybridized carbons (Fsp3) is 0.500. The molecular weight excluding hydrogens is 212 g/mol. The van der Waals surface area contributed by atoms with Crippen molar-refractivity contribution in [2.45, 2.75) is 25.6 Å². The second-order valence-corrected chi connectivity index (χ2v) is 6.30. The molecule has 0 N–H and O–H groups in total. The van der Waals surface area contributed by atoms with Crippen molar-refractivity contribution in [1.82, 2.24) is 9.29 Å². The summed E-state index contributed by atoms with van der Waals surface area (Å²) in [7, 11) is -1.57. The van der Waals surface area contributed by atoms with Gasteiger partial charge >= 0.3 is 0 Å². The summed E-state index contributed by atoms with van der Waals surface area (Å²) >= 11 is 0. The van der Waals surface area contributed by atoms with Crippen LogP contribution >= 0.6 is 0 Å². The first-order chi connectivity index (χ1) is 6.94. The first kappa shape index (κ1) is 12.1. The Hall–Kier alpha value is -0.940. The lowest BCUT2D eigenvalue weighted by Gasteiger charge is -2.19. The molecule has 4 nitrogen and oxygen atoms in total. The van der Waals surface area contributed by atoms with Crippen LogP contribution in [0.4, 0.5) is 0 Å². The molecule has 0 bridgehead atoms. The molecule has 5 heteroatoms. The number of sulfonamides is 1. The molecule has 0 radical (unpaired) electrons. The molecule has 0 fully saturated rings. The molecule has 84 valence electrons. The van der Waals surface area contributed by atoms with Crippen molar-refractivity contribution in [2.75, 3.05) is 7.05 Å². The summed E-state index contributed by atoms with van der Waals surface area (Å²) in [4.78, 5) is 3.88. The van der Waals surface area contributed by atoms with Gasteiger partial charge in [-0.15, -0.1) is 0 Å². The van der Waals surface area contributed by atoms with Gasteiger partial charge in [-0.1, -0.05) is 0 Å². The van der Waals surface area contributed by atoms with Crippen LogP contribution in [0.1, 0.15) is 19.4 Å². The molecule has 0 aliphatic rings. The van der Waals surface area contributed by atoms with E-state index in [9.17, 15) is 8.42 Å². The number of aromatic nitrogens is 1. The van der Waals surface area contributed by atoms with E-state index in [-0.39, 0.29) is 5.25 Å². The van der Waals surface area contributed by atoms with E-state index >= 15 is 0 Å². The molecule has 0 aromatic carbocycles. The topological polar surface area (TPSA) is 50.3 Å². The van der Waals surface area contributed by atoms with Gasteiger partial charge < -0.3 is 0 Å². The maximum atomic E-state index is 11.7. The number of hydrogen-bond donors (Lipinski definition) is 0. The highest BCUT2D eigenvalue weighted by molar-refractivity contribution is 7.89. The van der Waals surface area contributed by atoms with Gasteiger partial charge in [0.1, 0.15) is 0 Å². The van der Waals surface area contributed by atoms with Crippen molar-refractivity contribution >= 4 is 10.0 Å². The monoisotopic (exact) mass is 228 g/mol. The molecular formula is C10H16N2O2S. The maximum Gasteiger partial charge on any atom is 0.216 e. The van der Waals surface area contributed by atoms with Gasteiger partial charge in [0.05, 0.1) is 5.25 Å². The number of rotatable bonds is 4. The average molecular weight is 228 g/mol. The van der Waals surface area contributed by atoms with E-state index in [2.05, 4.69) is 4.98 Å². The lowest BCUT2D eigenvalue weighted by molar-refractivity contribution is 0.459. The van der Waals surface area contributed by atoms with Crippen LogP contribution in [0.15, 0.2) is 24.5 Å². The van der Waals surface area contributed by atoms with Crippen LogP contribution in [0.25, 0.3) is 0 Å². The summed E-state index contributed by atoms with van der Waals surface area (Å²) in [5.41, 5.74) is 0.941. The van der Waals surface area contributed by atoms with Crippen LogP contribution in [-0.4, -0.2) is 30.0 Å². The first-order valence-corrected chi connectivity index (χ1v) is 6.29. The van der Waals surface area contributed by atoms with E-state index < -0.39 is 10.0 Å². The fourth-order valence-corrected chi connectivity index (χ4v) is 2.24. The van der Waals surface area contributed by atoms with Crippen LogP contribution in [0.2, 0.25) is 0 Å². The van der Waals surface area contributed by atoms with Gasteiger partial charge in [0.15, 0.2) is 0 Å². The molecule has 0 atom stereocenters. The number of pyridine rings is 1. The van der Waals surface area contributed by atoms with Crippen molar-refractivity contribution in [3.8, 4) is 0 Å². The molecule has 1 aromatic rings. The molecule has 1 aromatic heterocycles. The Morgan fingerprint density at radius 1 is 1.33 bits per heavy atom. The van der Waals surface area contributed by atoms with Crippen LogP contribution in [0, 0.1) is 0 Å². The third kappa shape index (κ3) is 3.00. The molecule has 0 saturated carbocycles. The summed E-state index contributed by atoms with van der Waals surface area (Å²) in [6.07, 6.45) is 3.32. The van der Waals surface area contributed by atoms with Crippen LogP contribution < -0.4 is 0 Å². The van der Waals surface area contributed by atoms with Crippen molar-refractivity contribution in [1.29, 1.82) is 0 Å². The van der Waals surface area contributed by atoms with E-state index in [4.69, 9.17) is 0 Å². The Kier molecular flexibility index (Phi) is 3.82. The van der Waals surface area contributed by atoms with Crippen molar-refractivity contribution in [3.05, 3.63) is 30.1 Å². The third-order valence-electron chi connectivity index (χ3n) is 2.18. The summed E-state index contributed by atoms with van der Waals surface area (Å²) in [6, 6.07) is 3.62. The zero-order chi connectivity index (χ0) is 11.5. The maximum absolute atomic E-state index is 11.7. The van der Waals surface area contributed by atoms with Gasteiger partial charge in [-0.05, 0) is 31.5 Å². The van der Waals surface area contributed by atoms with Gasteiger partial charge in [-0.25, -0.2) is 12.7 Å². The molecule has 0 spiro atoms. The average Bonchev–Trinajstić information content (AvgIpc) is 2.18.